The second-order valence-corrected chi connectivity index (χ2v) is 6.70. The standard InChI is InChI=1S/C17H26F2N2O2/c1-20(2)7-13-4-14(11-22)10-21(9-13)8-12-5-15(18)17(23-3)16(19)6-12/h5-6,13-14,22H,4,7-11H2,1-3H3/t13-,14+/m0/s1. The van der Waals surface area contributed by atoms with Crippen LogP contribution in [0.25, 0.3) is 0 Å². The van der Waals surface area contributed by atoms with Crippen LogP contribution in [0.5, 0.6) is 5.75 Å². The molecule has 1 aliphatic rings. The number of aliphatic hydroxyl groups excluding tert-OH is 1. The Morgan fingerprint density at radius 2 is 1.83 bits per heavy atom. The molecule has 2 rings (SSSR count). The molecule has 1 heterocycles. The first-order valence-corrected chi connectivity index (χ1v) is 7.92. The van der Waals surface area contributed by atoms with Crippen LogP contribution in [0.2, 0.25) is 0 Å². The Morgan fingerprint density at radius 3 is 2.35 bits per heavy atom. The highest BCUT2D eigenvalue weighted by Crippen LogP contribution is 2.26. The predicted molar refractivity (Wildman–Crippen MR) is 85.4 cm³/mol. The summed E-state index contributed by atoms with van der Waals surface area (Å²) < 4.78 is 32.4. The third-order valence-corrected chi connectivity index (χ3v) is 4.25. The zero-order chi connectivity index (χ0) is 17.0. The molecule has 1 aromatic rings. The maximum Gasteiger partial charge on any atom is 0.190 e. The van der Waals surface area contributed by atoms with Crippen LogP contribution in [-0.2, 0) is 6.54 Å². The van der Waals surface area contributed by atoms with Crippen LogP contribution >= 0.6 is 0 Å². The average Bonchev–Trinajstić information content (AvgIpc) is 2.45. The molecule has 0 saturated carbocycles. The van der Waals surface area contributed by atoms with Gasteiger partial charge in [0.1, 0.15) is 0 Å². The molecule has 0 unspecified atom stereocenters. The number of piperidine rings is 1. The Kier molecular flexibility index (Phi) is 6.33. The fraction of sp³-hybridized carbons (Fsp3) is 0.647. The smallest absolute Gasteiger partial charge is 0.190 e. The van der Waals surface area contributed by atoms with Gasteiger partial charge in [-0.3, -0.25) is 4.90 Å². The fourth-order valence-electron chi connectivity index (χ4n) is 3.49. The summed E-state index contributed by atoms with van der Waals surface area (Å²) in [6, 6.07) is 2.65. The molecule has 0 aliphatic carbocycles. The Labute approximate surface area is 136 Å². The van der Waals surface area contributed by atoms with Gasteiger partial charge in [0.05, 0.1) is 7.11 Å². The van der Waals surface area contributed by atoms with Gasteiger partial charge in [0.15, 0.2) is 17.4 Å². The number of likely N-dealkylation sites (tertiary alicyclic amines) is 1. The fourth-order valence-corrected chi connectivity index (χ4v) is 3.49. The van der Waals surface area contributed by atoms with Crippen molar-refractivity contribution in [2.75, 3.05) is 47.4 Å². The van der Waals surface area contributed by atoms with Crippen LogP contribution in [0.15, 0.2) is 12.1 Å². The molecule has 2 atom stereocenters. The van der Waals surface area contributed by atoms with Gasteiger partial charge in [-0.25, -0.2) is 8.78 Å². The van der Waals surface area contributed by atoms with Gasteiger partial charge < -0.3 is 14.7 Å². The van der Waals surface area contributed by atoms with Crippen LogP contribution < -0.4 is 4.74 Å². The van der Waals surface area contributed by atoms with E-state index in [2.05, 4.69) is 9.80 Å². The summed E-state index contributed by atoms with van der Waals surface area (Å²) in [7, 11) is 5.31. The van der Waals surface area contributed by atoms with E-state index < -0.39 is 11.6 Å². The normalized spacial score (nSPS) is 22.6. The molecule has 0 spiro atoms. The van der Waals surface area contributed by atoms with Crippen molar-refractivity contribution in [1.29, 1.82) is 0 Å². The van der Waals surface area contributed by atoms with Crippen LogP contribution in [0.4, 0.5) is 8.78 Å². The van der Waals surface area contributed by atoms with Crippen molar-refractivity contribution in [3.8, 4) is 5.75 Å². The third-order valence-electron chi connectivity index (χ3n) is 4.25. The van der Waals surface area contributed by atoms with Gasteiger partial charge in [-0.05, 0) is 50.0 Å². The van der Waals surface area contributed by atoms with Crippen molar-refractivity contribution in [3.05, 3.63) is 29.3 Å². The lowest BCUT2D eigenvalue weighted by atomic mass is 9.89. The number of rotatable bonds is 6. The molecular weight excluding hydrogens is 302 g/mol. The Hall–Kier alpha value is -1.24. The SMILES string of the molecule is COc1c(F)cc(CN2C[C@H](CO)C[C@@H](CN(C)C)C2)cc1F. The van der Waals surface area contributed by atoms with Gasteiger partial charge in [0.25, 0.3) is 0 Å². The molecule has 1 N–H and O–H groups in total. The molecule has 6 heteroatoms. The lowest BCUT2D eigenvalue weighted by Gasteiger charge is -2.38. The zero-order valence-corrected chi connectivity index (χ0v) is 14.1. The largest absolute Gasteiger partial charge is 0.491 e. The Morgan fingerprint density at radius 1 is 1.22 bits per heavy atom. The zero-order valence-electron chi connectivity index (χ0n) is 14.1. The minimum atomic E-state index is -0.678. The summed E-state index contributed by atoms with van der Waals surface area (Å²) in [5, 5.41) is 9.51. The molecule has 23 heavy (non-hydrogen) atoms. The molecular formula is C17H26F2N2O2. The van der Waals surface area contributed by atoms with Gasteiger partial charge in [-0.15, -0.1) is 0 Å². The summed E-state index contributed by atoms with van der Waals surface area (Å²) in [6.45, 7) is 3.17. The number of methoxy groups -OCH3 is 1. The molecule has 1 saturated heterocycles. The summed E-state index contributed by atoms with van der Waals surface area (Å²) >= 11 is 0. The minimum absolute atomic E-state index is 0.145. The monoisotopic (exact) mass is 328 g/mol. The van der Waals surface area contributed by atoms with Crippen molar-refractivity contribution >= 4 is 0 Å². The van der Waals surface area contributed by atoms with E-state index in [1.165, 1.54) is 19.2 Å². The number of halogens is 2. The van der Waals surface area contributed by atoms with E-state index in [4.69, 9.17) is 4.74 Å². The lowest BCUT2D eigenvalue weighted by molar-refractivity contribution is 0.0691. The summed E-state index contributed by atoms with van der Waals surface area (Å²) in [5.74, 6) is -1.04. The van der Waals surface area contributed by atoms with Crippen LogP contribution in [-0.4, -0.2) is 62.4 Å². The highest BCUT2D eigenvalue weighted by Gasteiger charge is 2.27. The van der Waals surface area contributed by atoms with Gasteiger partial charge in [0, 0.05) is 32.8 Å². The number of hydrogen-bond donors (Lipinski definition) is 1. The van der Waals surface area contributed by atoms with Crippen molar-refractivity contribution < 1.29 is 18.6 Å². The molecule has 4 nitrogen and oxygen atoms in total. The van der Waals surface area contributed by atoms with Crippen molar-refractivity contribution in [2.24, 2.45) is 11.8 Å². The van der Waals surface area contributed by atoms with Crippen molar-refractivity contribution in [2.45, 2.75) is 13.0 Å². The average molecular weight is 328 g/mol. The topological polar surface area (TPSA) is 35.9 Å². The molecule has 1 aliphatic heterocycles. The molecule has 1 aromatic carbocycles. The van der Waals surface area contributed by atoms with Crippen molar-refractivity contribution in [3.63, 3.8) is 0 Å². The summed E-state index contributed by atoms with van der Waals surface area (Å²) in [4.78, 5) is 4.30. The molecule has 0 radical (unpaired) electrons. The van der Waals surface area contributed by atoms with Gasteiger partial charge in [-0.2, -0.15) is 0 Å². The number of aliphatic hydroxyl groups is 1. The summed E-state index contributed by atoms with van der Waals surface area (Å²) in [6.07, 6.45) is 0.983. The molecule has 130 valence electrons. The van der Waals surface area contributed by atoms with Crippen LogP contribution in [0.3, 0.4) is 0 Å². The van der Waals surface area contributed by atoms with E-state index in [0.717, 1.165) is 26.1 Å². The first-order valence-electron chi connectivity index (χ1n) is 7.92. The van der Waals surface area contributed by atoms with Crippen LogP contribution in [0, 0.1) is 23.5 Å². The minimum Gasteiger partial charge on any atom is -0.491 e. The molecule has 0 aromatic heterocycles. The van der Waals surface area contributed by atoms with E-state index >= 15 is 0 Å². The Balaban J connectivity index is 2.08. The first kappa shape index (κ1) is 18.1. The second kappa shape index (κ2) is 8.04. The molecule has 0 amide bonds. The van der Waals surface area contributed by atoms with E-state index in [-0.39, 0.29) is 18.3 Å². The van der Waals surface area contributed by atoms with Crippen molar-refractivity contribution in [1.82, 2.24) is 9.80 Å². The first-order chi connectivity index (χ1) is 10.9. The lowest BCUT2D eigenvalue weighted by Crippen LogP contribution is -2.44. The van der Waals surface area contributed by atoms with Gasteiger partial charge >= 0.3 is 0 Å². The number of nitrogens with zero attached hydrogens (tertiary/aromatic N) is 2. The second-order valence-electron chi connectivity index (χ2n) is 6.70. The quantitative estimate of drug-likeness (QED) is 0.866. The van der Waals surface area contributed by atoms with Gasteiger partial charge in [0.2, 0.25) is 0 Å². The third kappa shape index (κ3) is 4.86. The van der Waals surface area contributed by atoms with E-state index in [1.807, 2.05) is 14.1 Å². The number of hydrogen-bond acceptors (Lipinski definition) is 4. The van der Waals surface area contributed by atoms with Gasteiger partial charge in [-0.1, -0.05) is 0 Å². The molecule has 0 bridgehead atoms. The van der Waals surface area contributed by atoms with E-state index in [9.17, 15) is 13.9 Å². The molecule has 1 fully saturated rings. The summed E-state index contributed by atoms with van der Waals surface area (Å²) in [5.41, 5.74) is 0.586. The Bertz CT molecular complexity index is 502. The van der Waals surface area contributed by atoms with E-state index in [0.29, 0.717) is 18.0 Å². The maximum atomic E-state index is 13.8. The maximum absolute atomic E-state index is 13.8. The van der Waals surface area contributed by atoms with Crippen LogP contribution in [0.1, 0.15) is 12.0 Å². The predicted octanol–water partition coefficient (Wildman–Crippen LogP) is 1.97. The highest BCUT2D eigenvalue weighted by atomic mass is 19.1. The van der Waals surface area contributed by atoms with E-state index in [1.54, 1.807) is 0 Å². The number of ether oxygens (including phenoxy) is 1. The number of benzene rings is 1. The highest BCUT2D eigenvalue weighted by molar-refractivity contribution is 5.31.